The molecule has 5 heteroatoms. The van der Waals surface area contributed by atoms with Crippen LogP contribution < -0.4 is 0 Å². The minimum Gasteiger partial charge on any atom is -0.292 e. The summed E-state index contributed by atoms with van der Waals surface area (Å²) in [5, 5.41) is 1.67. The maximum absolute atomic E-state index is 11.5. The number of halogens is 1. The molecule has 0 saturated carbocycles. The van der Waals surface area contributed by atoms with E-state index in [1.807, 2.05) is 0 Å². The molecule has 1 heterocycles. The highest BCUT2D eigenvalue weighted by Gasteiger charge is 2.18. The fourth-order valence-electron chi connectivity index (χ4n) is 0.947. The van der Waals surface area contributed by atoms with Gasteiger partial charge in [0.05, 0.1) is 12.7 Å². The van der Waals surface area contributed by atoms with Crippen LogP contribution in [0.5, 0.6) is 0 Å². The summed E-state index contributed by atoms with van der Waals surface area (Å²) in [6, 6.07) is 0. The van der Waals surface area contributed by atoms with Gasteiger partial charge in [-0.2, -0.15) is 0 Å². The molecule has 0 aliphatic carbocycles. The Morgan fingerprint density at radius 2 is 2.46 bits per heavy atom. The third-order valence-corrected chi connectivity index (χ3v) is 2.16. The minimum atomic E-state index is -0.268. The number of rotatable bonds is 2. The van der Waals surface area contributed by atoms with Crippen molar-refractivity contribution in [3.05, 3.63) is 10.6 Å². The van der Waals surface area contributed by atoms with Gasteiger partial charge in [-0.25, -0.2) is 5.06 Å². The van der Waals surface area contributed by atoms with E-state index in [2.05, 4.69) is 4.99 Å². The van der Waals surface area contributed by atoms with Gasteiger partial charge in [-0.05, 0) is 0 Å². The van der Waals surface area contributed by atoms with E-state index in [-0.39, 0.29) is 5.91 Å². The van der Waals surface area contributed by atoms with E-state index >= 15 is 0 Å². The van der Waals surface area contributed by atoms with Crippen molar-refractivity contribution in [2.45, 2.75) is 6.42 Å². The van der Waals surface area contributed by atoms with Gasteiger partial charge in [-0.15, -0.1) is 0 Å². The van der Waals surface area contributed by atoms with Gasteiger partial charge in [-0.3, -0.25) is 14.6 Å². The SMILES string of the molecule is CON(C)C(=O)C1=C(Cl)CCN=C1. The van der Waals surface area contributed by atoms with Crippen LogP contribution in [-0.2, 0) is 9.63 Å². The molecule has 0 saturated heterocycles. The highest BCUT2D eigenvalue weighted by Crippen LogP contribution is 2.17. The number of dihydropyridines is 1. The second kappa shape index (κ2) is 4.39. The summed E-state index contributed by atoms with van der Waals surface area (Å²) in [5.74, 6) is -0.268. The Kier molecular flexibility index (Phi) is 3.45. The first-order valence-electron chi connectivity index (χ1n) is 3.87. The van der Waals surface area contributed by atoms with Crippen LogP contribution in [0, 0.1) is 0 Å². The fraction of sp³-hybridized carbons (Fsp3) is 0.500. The van der Waals surface area contributed by atoms with Gasteiger partial charge < -0.3 is 0 Å². The number of amides is 1. The lowest BCUT2D eigenvalue weighted by Crippen LogP contribution is -2.28. The molecule has 0 unspecified atom stereocenters. The van der Waals surface area contributed by atoms with E-state index in [9.17, 15) is 4.79 Å². The maximum atomic E-state index is 11.5. The van der Waals surface area contributed by atoms with Gasteiger partial charge in [0.2, 0.25) is 0 Å². The summed E-state index contributed by atoms with van der Waals surface area (Å²) in [6.45, 7) is 0.645. The number of likely N-dealkylation sites (N-methyl/N-ethyl adjacent to an activating group) is 1. The Bertz CT molecular complexity index is 273. The molecule has 0 radical (unpaired) electrons. The molecule has 1 amide bonds. The summed E-state index contributed by atoms with van der Waals surface area (Å²) < 4.78 is 0. The van der Waals surface area contributed by atoms with Gasteiger partial charge in [0, 0.05) is 31.3 Å². The topological polar surface area (TPSA) is 41.9 Å². The predicted octanol–water partition coefficient (Wildman–Crippen LogP) is 0.974. The summed E-state index contributed by atoms with van der Waals surface area (Å²) in [5.41, 5.74) is 0.414. The fourth-order valence-corrected chi connectivity index (χ4v) is 1.16. The first-order valence-corrected chi connectivity index (χ1v) is 4.25. The zero-order chi connectivity index (χ0) is 9.84. The zero-order valence-electron chi connectivity index (χ0n) is 7.58. The van der Waals surface area contributed by atoms with E-state index in [1.165, 1.54) is 20.4 Å². The highest BCUT2D eigenvalue weighted by atomic mass is 35.5. The number of carbonyl (C=O) groups excluding carboxylic acids is 1. The van der Waals surface area contributed by atoms with E-state index < -0.39 is 0 Å². The quantitative estimate of drug-likeness (QED) is 0.627. The summed E-state index contributed by atoms with van der Waals surface area (Å²) in [6.07, 6.45) is 2.11. The Labute approximate surface area is 81.8 Å². The summed E-state index contributed by atoms with van der Waals surface area (Å²) >= 11 is 5.86. The molecule has 1 aliphatic rings. The largest absolute Gasteiger partial charge is 0.292 e. The molecule has 0 spiro atoms. The molecule has 0 bridgehead atoms. The molecule has 1 aliphatic heterocycles. The van der Waals surface area contributed by atoms with Crippen molar-refractivity contribution in [3.8, 4) is 0 Å². The highest BCUT2D eigenvalue weighted by molar-refractivity contribution is 6.35. The normalized spacial score (nSPS) is 16.2. The molecule has 0 atom stereocenters. The van der Waals surface area contributed by atoms with E-state index in [4.69, 9.17) is 16.4 Å². The second-order valence-corrected chi connectivity index (χ2v) is 3.05. The van der Waals surface area contributed by atoms with Gasteiger partial charge in [0.15, 0.2) is 0 Å². The van der Waals surface area contributed by atoms with Crippen LogP contribution in [0.1, 0.15) is 6.42 Å². The zero-order valence-corrected chi connectivity index (χ0v) is 8.34. The van der Waals surface area contributed by atoms with Crippen molar-refractivity contribution >= 4 is 23.7 Å². The molecule has 13 heavy (non-hydrogen) atoms. The minimum absolute atomic E-state index is 0.268. The second-order valence-electron chi connectivity index (χ2n) is 2.59. The molecule has 1 rings (SSSR count). The molecular weight excluding hydrogens is 192 g/mol. The van der Waals surface area contributed by atoms with Crippen LogP contribution in [0.2, 0.25) is 0 Å². The lowest BCUT2D eigenvalue weighted by atomic mass is 10.2. The van der Waals surface area contributed by atoms with Crippen LogP contribution in [0.3, 0.4) is 0 Å². The molecule has 0 aromatic carbocycles. The Hall–Kier alpha value is -0.870. The van der Waals surface area contributed by atoms with Gasteiger partial charge >= 0.3 is 0 Å². The van der Waals surface area contributed by atoms with Crippen molar-refractivity contribution < 1.29 is 9.63 Å². The standard InChI is InChI=1S/C8H11ClN2O2/c1-11(13-2)8(12)6-5-10-4-3-7(6)9/h5H,3-4H2,1-2H3. The van der Waals surface area contributed by atoms with Crippen molar-refractivity contribution in [3.63, 3.8) is 0 Å². The first-order chi connectivity index (χ1) is 6.16. The van der Waals surface area contributed by atoms with Crippen LogP contribution >= 0.6 is 11.6 Å². The van der Waals surface area contributed by atoms with Crippen molar-refractivity contribution in [2.24, 2.45) is 4.99 Å². The number of aliphatic imine (C=N–C) groups is 1. The molecule has 0 aromatic heterocycles. The van der Waals surface area contributed by atoms with E-state index in [1.54, 1.807) is 0 Å². The monoisotopic (exact) mass is 202 g/mol. The molecule has 0 aromatic rings. The summed E-state index contributed by atoms with van der Waals surface area (Å²) in [7, 11) is 2.95. The van der Waals surface area contributed by atoms with Crippen LogP contribution in [-0.4, -0.2) is 37.9 Å². The molecule has 0 fully saturated rings. The summed E-state index contributed by atoms with van der Waals surface area (Å²) in [4.78, 5) is 20.2. The van der Waals surface area contributed by atoms with Gasteiger partial charge in [0.25, 0.3) is 5.91 Å². The predicted molar refractivity (Wildman–Crippen MR) is 50.6 cm³/mol. The van der Waals surface area contributed by atoms with Crippen molar-refractivity contribution in [2.75, 3.05) is 20.7 Å². The smallest absolute Gasteiger partial charge is 0.279 e. The van der Waals surface area contributed by atoms with E-state index in [0.29, 0.717) is 23.6 Å². The number of hydrogen-bond donors (Lipinski definition) is 0. The maximum Gasteiger partial charge on any atom is 0.279 e. The number of hydroxylamine groups is 2. The van der Waals surface area contributed by atoms with Crippen LogP contribution in [0.15, 0.2) is 15.6 Å². The van der Waals surface area contributed by atoms with Crippen molar-refractivity contribution in [1.82, 2.24) is 5.06 Å². The third kappa shape index (κ3) is 2.29. The first kappa shape index (κ1) is 10.2. The molecule has 4 nitrogen and oxygen atoms in total. The molecular formula is C8H11ClN2O2. The lowest BCUT2D eigenvalue weighted by Gasteiger charge is -2.16. The van der Waals surface area contributed by atoms with Crippen LogP contribution in [0.25, 0.3) is 0 Å². The molecule has 0 N–H and O–H groups in total. The Balaban J connectivity index is 2.81. The van der Waals surface area contributed by atoms with Gasteiger partial charge in [0.1, 0.15) is 0 Å². The van der Waals surface area contributed by atoms with Crippen molar-refractivity contribution in [1.29, 1.82) is 0 Å². The number of carbonyl (C=O) groups is 1. The molecule has 72 valence electrons. The third-order valence-electron chi connectivity index (χ3n) is 1.76. The number of nitrogens with zero attached hydrogens (tertiary/aromatic N) is 2. The average Bonchev–Trinajstić information content (AvgIpc) is 2.16. The Morgan fingerprint density at radius 3 is 3.00 bits per heavy atom. The van der Waals surface area contributed by atoms with Crippen LogP contribution in [0.4, 0.5) is 0 Å². The average molecular weight is 203 g/mol. The lowest BCUT2D eigenvalue weighted by molar-refractivity contribution is -0.163. The van der Waals surface area contributed by atoms with Gasteiger partial charge in [-0.1, -0.05) is 11.6 Å². The van der Waals surface area contributed by atoms with E-state index in [0.717, 1.165) is 5.06 Å². The number of hydrogen-bond acceptors (Lipinski definition) is 3. The Morgan fingerprint density at radius 1 is 1.77 bits per heavy atom.